The van der Waals surface area contributed by atoms with Gasteiger partial charge in [-0.05, 0) is 31.5 Å². The summed E-state index contributed by atoms with van der Waals surface area (Å²) in [6.45, 7) is 1.89. The molecular formula is C12H15BrN2O3. The van der Waals surface area contributed by atoms with E-state index in [-0.39, 0.29) is 6.54 Å². The van der Waals surface area contributed by atoms with Crippen LogP contribution in [-0.2, 0) is 9.59 Å². The molecule has 0 bridgehead atoms. The summed E-state index contributed by atoms with van der Waals surface area (Å²) in [5.74, 6) is -1.44. The second kappa shape index (κ2) is 7.13. The third kappa shape index (κ3) is 5.29. The second-order valence-electron chi connectivity index (χ2n) is 3.86. The largest absolute Gasteiger partial charge is 0.393 e. The van der Waals surface area contributed by atoms with Gasteiger partial charge < -0.3 is 15.7 Å². The summed E-state index contributed by atoms with van der Waals surface area (Å²) in [6.07, 6.45) is -0.0888. The number of carbonyl (C=O) groups excluding carboxylic acids is 2. The molecule has 0 aromatic heterocycles. The van der Waals surface area contributed by atoms with Crippen molar-refractivity contribution in [1.29, 1.82) is 0 Å². The minimum atomic E-state index is -0.723. The third-order valence-corrected chi connectivity index (χ3v) is 2.63. The Morgan fingerprint density at radius 1 is 1.39 bits per heavy atom. The fourth-order valence-electron chi connectivity index (χ4n) is 1.23. The Hall–Kier alpha value is -1.40. The summed E-state index contributed by atoms with van der Waals surface area (Å²) in [7, 11) is 0. The van der Waals surface area contributed by atoms with Gasteiger partial charge in [0.2, 0.25) is 0 Å². The Labute approximate surface area is 114 Å². The molecule has 0 saturated carbocycles. The lowest BCUT2D eigenvalue weighted by molar-refractivity contribution is -0.136. The molecule has 6 heteroatoms. The van der Waals surface area contributed by atoms with Crippen LogP contribution in [0.1, 0.15) is 13.3 Å². The maximum Gasteiger partial charge on any atom is 0.313 e. The molecule has 0 fully saturated rings. The van der Waals surface area contributed by atoms with Crippen LogP contribution >= 0.6 is 15.9 Å². The van der Waals surface area contributed by atoms with Gasteiger partial charge in [-0.25, -0.2) is 0 Å². The lowest BCUT2D eigenvalue weighted by atomic mass is 10.3. The van der Waals surface area contributed by atoms with Gasteiger partial charge in [0.1, 0.15) is 0 Å². The Morgan fingerprint density at radius 2 is 2.11 bits per heavy atom. The molecule has 3 N–H and O–H groups in total. The van der Waals surface area contributed by atoms with Gasteiger partial charge in [-0.1, -0.05) is 22.0 Å². The van der Waals surface area contributed by atoms with Crippen LogP contribution in [-0.4, -0.2) is 29.6 Å². The monoisotopic (exact) mass is 314 g/mol. The summed E-state index contributed by atoms with van der Waals surface area (Å²) < 4.78 is 0.815. The number of benzene rings is 1. The number of amides is 2. The number of hydrogen-bond acceptors (Lipinski definition) is 3. The van der Waals surface area contributed by atoms with Crippen molar-refractivity contribution in [2.75, 3.05) is 11.9 Å². The Morgan fingerprint density at radius 3 is 2.72 bits per heavy atom. The zero-order chi connectivity index (χ0) is 13.5. The zero-order valence-corrected chi connectivity index (χ0v) is 11.5. The smallest absolute Gasteiger partial charge is 0.313 e. The number of carbonyl (C=O) groups is 2. The molecule has 0 spiro atoms. The molecule has 2 amide bonds. The average molecular weight is 315 g/mol. The van der Waals surface area contributed by atoms with Crippen molar-refractivity contribution in [3.05, 3.63) is 28.7 Å². The summed E-state index contributed by atoms with van der Waals surface area (Å²) in [6, 6.07) is 6.95. The molecule has 1 aromatic rings. The SMILES string of the molecule is CC(O)CCNC(=O)C(=O)Nc1cccc(Br)c1. The molecule has 1 unspecified atom stereocenters. The van der Waals surface area contributed by atoms with Crippen LogP contribution in [0.25, 0.3) is 0 Å². The first-order chi connectivity index (χ1) is 8.49. The van der Waals surface area contributed by atoms with Crippen molar-refractivity contribution < 1.29 is 14.7 Å². The van der Waals surface area contributed by atoms with Gasteiger partial charge in [0.05, 0.1) is 6.10 Å². The van der Waals surface area contributed by atoms with Gasteiger partial charge in [-0.3, -0.25) is 9.59 Å². The van der Waals surface area contributed by atoms with Gasteiger partial charge in [0.25, 0.3) is 0 Å². The molecule has 1 atom stereocenters. The van der Waals surface area contributed by atoms with Crippen LogP contribution < -0.4 is 10.6 Å². The van der Waals surface area contributed by atoms with Crippen LogP contribution in [0.5, 0.6) is 0 Å². The quantitative estimate of drug-likeness (QED) is 0.732. The molecule has 5 nitrogen and oxygen atoms in total. The predicted molar refractivity (Wildman–Crippen MR) is 72.1 cm³/mol. The lowest BCUT2D eigenvalue weighted by Crippen LogP contribution is -2.36. The van der Waals surface area contributed by atoms with Crippen LogP contribution in [0.4, 0.5) is 5.69 Å². The molecule has 0 aliphatic carbocycles. The van der Waals surface area contributed by atoms with Crippen molar-refractivity contribution in [1.82, 2.24) is 5.32 Å². The minimum Gasteiger partial charge on any atom is -0.393 e. The Kier molecular flexibility index (Phi) is 5.80. The zero-order valence-electron chi connectivity index (χ0n) is 9.94. The first-order valence-electron chi connectivity index (χ1n) is 5.52. The van der Waals surface area contributed by atoms with E-state index in [2.05, 4.69) is 26.6 Å². The van der Waals surface area contributed by atoms with Gasteiger partial charge in [-0.2, -0.15) is 0 Å². The molecule has 0 aliphatic heterocycles. The fraction of sp³-hybridized carbons (Fsp3) is 0.333. The molecule has 18 heavy (non-hydrogen) atoms. The Balaban J connectivity index is 2.43. The van der Waals surface area contributed by atoms with Crippen LogP contribution in [0, 0.1) is 0 Å². The standard InChI is InChI=1S/C12H15BrN2O3/c1-8(16)5-6-14-11(17)12(18)15-10-4-2-3-9(13)7-10/h2-4,7-8,16H,5-6H2,1H3,(H,14,17)(H,15,18). The highest BCUT2D eigenvalue weighted by atomic mass is 79.9. The van der Waals surface area contributed by atoms with E-state index in [9.17, 15) is 9.59 Å². The van der Waals surface area contributed by atoms with Crippen LogP contribution in [0.3, 0.4) is 0 Å². The summed E-state index contributed by atoms with van der Waals surface area (Å²) in [4.78, 5) is 22.9. The number of halogens is 1. The van der Waals surface area contributed by atoms with Crippen molar-refractivity contribution in [3.63, 3.8) is 0 Å². The number of rotatable bonds is 4. The van der Waals surface area contributed by atoms with Gasteiger partial charge in [-0.15, -0.1) is 0 Å². The van der Waals surface area contributed by atoms with Crippen LogP contribution in [0.2, 0.25) is 0 Å². The van der Waals surface area contributed by atoms with Gasteiger partial charge in [0.15, 0.2) is 0 Å². The highest BCUT2D eigenvalue weighted by Crippen LogP contribution is 2.15. The van der Waals surface area contributed by atoms with E-state index in [1.807, 2.05) is 6.07 Å². The van der Waals surface area contributed by atoms with Crippen LogP contribution in [0.15, 0.2) is 28.7 Å². The number of nitrogens with one attached hydrogen (secondary N) is 2. The first-order valence-corrected chi connectivity index (χ1v) is 6.31. The number of anilines is 1. The molecule has 0 saturated heterocycles. The summed E-state index contributed by atoms with van der Waals surface area (Å²) >= 11 is 3.27. The fourth-order valence-corrected chi connectivity index (χ4v) is 1.63. The molecule has 0 aliphatic rings. The maximum atomic E-state index is 11.5. The molecule has 0 radical (unpaired) electrons. The molecular weight excluding hydrogens is 300 g/mol. The number of aliphatic hydroxyl groups excluding tert-OH is 1. The highest BCUT2D eigenvalue weighted by molar-refractivity contribution is 9.10. The predicted octanol–water partition coefficient (Wildman–Crippen LogP) is 1.27. The first kappa shape index (κ1) is 14.7. The molecule has 1 aromatic carbocycles. The van der Waals surface area contributed by atoms with E-state index in [4.69, 9.17) is 5.11 Å². The number of hydrogen-bond donors (Lipinski definition) is 3. The highest BCUT2D eigenvalue weighted by Gasteiger charge is 2.13. The van der Waals surface area contributed by atoms with Crippen molar-refractivity contribution >= 4 is 33.4 Å². The minimum absolute atomic E-state index is 0.266. The van der Waals surface area contributed by atoms with E-state index >= 15 is 0 Å². The van der Waals surface area contributed by atoms with E-state index < -0.39 is 17.9 Å². The lowest BCUT2D eigenvalue weighted by Gasteiger charge is -2.07. The summed E-state index contributed by atoms with van der Waals surface area (Å²) in [5, 5.41) is 13.9. The Bertz CT molecular complexity index is 435. The molecule has 1 rings (SSSR count). The van der Waals surface area contributed by atoms with Gasteiger partial charge in [0, 0.05) is 16.7 Å². The van der Waals surface area contributed by atoms with Crippen molar-refractivity contribution in [2.24, 2.45) is 0 Å². The van der Waals surface area contributed by atoms with Gasteiger partial charge >= 0.3 is 11.8 Å². The van der Waals surface area contributed by atoms with E-state index in [0.29, 0.717) is 12.1 Å². The van der Waals surface area contributed by atoms with E-state index in [1.165, 1.54) is 0 Å². The average Bonchev–Trinajstić information content (AvgIpc) is 2.28. The summed E-state index contributed by atoms with van der Waals surface area (Å²) in [5.41, 5.74) is 0.542. The normalized spacial score (nSPS) is 11.7. The second-order valence-corrected chi connectivity index (χ2v) is 4.77. The van der Waals surface area contributed by atoms with Crippen molar-refractivity contribution in [3.8, 4) is 0 Å². The number of aliphatic hydroxyl groups is 1. The molecule has 98 valence electrons. The maximum absolute atomic E-state index is 11.5. The van der Waals surface area contributed by atoms with E-state index in [1.54, 1.807) is 25.1 Å². The van der Waals surface area contributed by atoms with E-state index in [0.717, 1.165) is 4.47 Å². The van der Waals surface area contributed by atoms with Crippen molar-refractivity contribution in [2.45, 2.75) is 19.4 Å². The topological polar surface area (TPSA) is 78.4 Å². The molecule has 0 heterocycles. The third-order valence-electron chi connectivity index (χ3n) is 2.14.